The molecule has 4 rings (SSSR count). The minimum atomic E-state index is 0.0138. The first-order valence-corrected chi connectivity index (χ1v) is 10.9. The number of nitrogens with zero attached hydrogens (tertiary/aromatic N) is 3. The van der Waals surface area contributed by atoms with Crippen molar-refractivity contribution in [2.75, 3.05) is 7.11 Å². The third-order valence-electron chi connectivity index (χ3n) is 4.76. The Bertz CT molecular complexity index is 1190. The summed E-state index contributed by atoms with van der Waals surface area (Å²) in [4.78, 5) is 11.8. The van der Waals surface area contributed by atoms with E-state index < -0.39 is 0 Å². The van der Waals surface area contributed by atoms with Gasteiger partial charge in [0.2, 0.25) is 0 Å². The first-order valence-electron chi connectivity index (χ1n) is 9.57. The molecule has 0 spiro atoms. The number of carbonyl (C=O) groups is 1. The number of hydrogen-bond acceptors (Lipinski definition) is 6. The van der Waals surface area contributed by atoms with Crippen LogP contribution in [-0.2, 0) is 12.3 Å². The fraction of sp³-hybridized carbons (Fsp3) is 0.174. The lowest BCUT2D eigenvalue weighted by molar-refractivity contribution is 0.101. The van der Waals surface area contributed by atoms with Gasteiger partial charge in [-0.1, -0.05) is 23.4 Å². The number of halogens is 1. The fourth-order valence-electron chi connectivity index (χ4n) is 3.16. The Hall–Kier alpha value is -3.03. The molecule has 0 fully saturated rings. The Morgan fingerprint density at radius 1 is 1.16 bits per heavy atom. The molecule has 31 heavy (non-hydrogen) atoms. The van der Waals surface area contributed by atoms with Gasteiger partial charge in [0.1, 0.15) is 11.5 Å². The average Bonchev–Trinajstić information content (AvgIpc) is 3.43. The lowest BCUT2D eigenvalue weighted by Crippen LogP contribution is -2.04. The summed E-state index contributed by atoms with van der Waals surface area (Å²) in [5.41, 5.74) is 2.47. The molecule has 0 radical (unpaired) electrons. The van der Waals surface area contributed by atoms with Crippen LogP contribution in [0.5, 0.6) is 5.75 Å². The van der Waals surface area contributed by atoms with Gasteiger partial charge in [0, 0.05) is 27.5 Å². The molecular weight excluding hydrogens is 434 g/mol. The minimum absolute atomic E-state index is 0.0138. The number of carbonyl (C=O) groups excluding carboxylic acids is 1. The number of Topliss-reactive ketones (excluding diaryl/α,β-unsaturated/α-hetero) is 1. The lowest BCUT2D eigenvalue weighted by Gasteiger charge is -2.11. The second-order valence-corrected chi connectivity index (χ2v) is 8.23. The summed E-state index contributed by atoms with van der Waals surface area (Å²) in [6.07, 6.45) is 1.65. The second-order valence-electron chi connectivity index (χ2n) is 6.85. The van der Waals surface area contributed by atoms with Gasteiger partial charge in [-0.05, 0) is 61.5 Å². The Morgan fingerprint density at radius 3 is 2.65 bits per heavy atom. The van der Waals surface area contributed by atoms with E-state index in [1.165, 1.54) is 11.8 Å². The summed E-state index contributed by atoms with van der Waals surface area (Å²) < 4.78 is 13.0. The maximum Gasteiger partial charge on any atom is 0.192 e. The third-order valence-corrected chi connectivity index (χ3v) is 6.02. The molecule has 0 N–H and O–H groups in total. The van der Waals surface area contributed by atoms with Crippen LogP contribution >= 0.6 is 23.4 Å². The highest BCUT2D eigenvalue weighted by Gasteiger charge is 2.17. The molecule has 0 aliphatic rings. The van der Waals surface area contributed by atoms with Gasteiger partial charge in [0.15, 0.2) is 16.8 Å². The molecule has 2 aromatic carbocycles. The molecule has 2 aromatic heterocycles. The Kier molecular flexibility index (Phi) is 6.44. The number of benzene rings is 2. The van der Waals surface area contributed by atoms with Crippen LogP contribution in [0.3, 0.4) is 0 Å². The van der Waals surface area contributed by atoms with Crippen molar-refractivity contribution in [3.05, 3.63) is 82.8 Å². The number of ketones is 1. The smallest absolute Gasteiger partial charge is 0.192 e. The Balaban J connectivity index is 1.66. The quantitative estimate of drug-likeness (QED) is 0.250. The van der Waals surface area contributed by atoms with Gasteiger partial charge in [0.25, 0.3) is 0 Å². The molecule has 0 amide bonds. The Morgan fingerprint density at radius 2 is 1.97 bits per heavy atom. The highest BCUT2D eigenvalue weighted by molar-refractivity contribution is 7.98. The van der Waals surface area contributed by atoms with Crippen LogP contribution in [0, 0.1) is 0 Å². The van der Waals surface area contributed by atoms with Crippen LogP contribution in [-0.4, -0.2) is 27.7 Å². The van der Waals surface area contributed by atoms with Crippen LogP contribution in [0.25, 0.3) is 11.4 Å². The van der Waals surface area contributed by atoms with Crippen molar-refractivity contribution in [2.45, 2.75) is 24.4 Å². The molecule has 6 nitrogen and oxygen atoms in total. The van der Waals surface area contributed by atoms with Crippen LogP contribution in [0.15, 0.2) is 70.4 Å². The highest BCUT2D eigenvalue weighted by atomic mass is 35.5. The predicted molar refractivity (Wildman–Crippen MR) is 121 cm³/mol. The van der Waals surface area contributed by atoms with E-state index in [1.54, 1.807) is 26.4 Å². The summed E-state index contributed by atoms with van der Waals surface area (Å²) in [6, 6.07) is 16.7. The zero-order valence-electron chi connectivity index (χ0n) is 17.0. The Labute approximate surface area is 189 Å². The van der Waals surface area contributed by atoms with Crippen molar-refractivity contribution in [3.8, 4) is 17.1 Å². The summed E-state index contributed by atoms with van der Waals surface area (Å²) in [6.45, 7) is 2.04. The standard InChI is InChI=1S/C23H20ClN3O3S/c1-15(28)17-7-10-21(29-2)18(12-17)14-31-23-26-25-22(16-5-8-19(24)9-6-16)27(23)13-20-4-3-11-30-20/h3-12H,13-14H2,1-2H3. The van der Waals surface area contributed by atoms with Crippen molar-refractivity contribution in [1.29, 1.82) is 0 Å². The van der Waals surface area contributed by atoms with E-state index in [0.717, 1.165) is 33.6 Å². The van der Waals surface area contributed by atoms with E-state index in [9.17, 15) is 4.79 Å². The van der Waals surface area contributed by atoms with E-state index in [1.807, 2.05) is 53.1 Å². The highest BCUT2D eigenvalue weighted by Crippen LogP contribution is 2.31. The van der Waals surface area contributed by atoms with Crippen molar-refractivity contribution in [1.82, 2.24) is 14.8 Å². The topological polar surface area (TPSA) is 70.2 Å². The van der Waals surface area contributed by atoms with E-state index in [0.29, 0.717) is 22.9 Å². The van der Waals surface area contributed by atoms with Crippen molar-refractivity contribution < 1.29 is 13.9 Å². The number of aromatic nitrogens is 3. The van der Waals surface area contributed by atoms with E-state index in [4.69, 9.17) is 20.8 Å². The average molecular weight is 454 g/mol. The van der Waals surface area contributed by atoms with Crippen LogP contribution in [0.2, 0.25) is 5.02 Å². The number of methoxy groups -OCH3 is 1. The van der Waals surface area contributed by atoms with E-state index in [2.05, 4.69) is 10.2 Å². The number of rotatable bonds is 8. The molecule has 0 atom stereocenters. The molecule has 0 saturated heterocycles. The zero-order chi connectivity index (χ0) is 21.8. The maximum atomic E-state index is 11.8. The summed E-state index contributed by atoms with van der Waals surface area (Å²) in [5, 5.41) is 10.2. The number of ether oxygens (including phenoxy) is 1. The van der Waals surface area contributed by atoms with Gasteiger partial charge < -0.3 is 9.15 Å². The lowest BCUT2D eigenvalue weighted by atomic mass is 10.1. The monoisotopic (exact) mass is 453 g/mol. The molecule has 2 heterocycles. The van der Waals surface area contributed by atoms with Gasteiger partial charge in [-0.3, -0.25) is 9.36 Å². The predicted octanol–water partition coefficient (Wildman–Crippen LogP) is 5.74. The molecule has 0 bridgehead atoms. The number of hydrogen-bond donors (Lipinski definition) is 0. The third kappa shape index (κ3) is 4.84. The molecule has 0 unspecified atom stereocenters. The van der Waals surface area contributed by atoms with Crippen molar-refractivity contribution >= 4 is 29.1 Å². The first-order chi connectivity index (χ1) is 15.0. The van der Waals surface area contributed by atoms with Gasteiger partial charge in [0.05, 0.1) is 19.9 Å². The molecule has 0 aliphatic heterocycles. The van der Waals surface area contributed by atoms with E-state index in [-0.39, 0.29) is 5.78 Å². The summed E-state index contributed by atoms with van der Waals surface area (Å²) in [5.74, 6) is 2.83. The summed E-state index contributed by atoms with van der Waals surface area (Å²) in [7, 11) is 1.62. The largest absolute Gasteiger partial charge is 0.496 e. The van der Waals surface area contributed by atoms with Gasteiger partial charge in [-0.15, -0.1) is 10.2 Å². The first kappa shape index (κ1) is 21.2. The van der Waals surface area contributed by atoms with Gasteiger partial charge >= 0.3 is 0 Å². The van der Waals surface area contributed by atoms with Gasteiger partial charge in [-0.2, -0.15) is 0 Å². The second kappa shape index (κ2) is 9.41. The fourth-order valence-corrected chi connectivity index (χ4v) is 4.20. The van der Waals surface area contributed by atoms with Crippen LogP contribution in [0.4, 0.5) is 0 Å². The molecular formula is C23H20ClN3O3S. The molecule has 0 aliphatic carbocycles. The normalized spacial score (nSPS) is 10.9. The molecule has 8 heteroatoms. The van der Waals surface area contributed by atoms with Crippen molar-refractivity contribution in [2.24, 2.45) is 0 Å². The van der Waals surface area contributed by atoms with Gasteiger partial charge in [-0.25, -0.2) is 0 Å². The number of thioether (sulfide) groups is 1. The maximum absolute atomic E-state index is 11.8. The molecule has 0 saturated carbocycles. The molecule has 158 valence electrons. The van der Waals surface area contributed by atoms with E-state index >= 15 is 0 Å². The van der Waals surface area contributed by atoms with Crippen LogP contribution in [0.1, 0.15) is 28.6 Å². The number of furan rings is 1. The molecule has 4 aromatic rings. The van der Waals surface area contributed by atoms with Crippen molar-refractivity contribution in [3.63, 3.8) is 0 Å². The van der Waals surface area contributed by atoms with Crippen LogP contribution < -0.4 is 4.74 Å². The zero-order valence-corrected chi connectivity index (χ0v) is 18.6. The minimum Gasteiger partial charge on any atom is -0.496 e. The summed E-state index contributed by atoms with van der Waals surface area (Å²) >= 11 is 7.56. The SMILES string of the molecule is COc1ccc(C(C)=O)cc1CSc1nnc(-c2ccc(Cl)cc2)n1Cc1ccco1.